The molecule has 4 aromatic rings. The van der Waals surface area contributed by atoms with Crippen LogP contribution in [0.15, 0.2) is 77.6 Å². The zero-order valence-electron chi connectivity index (χ0n) is 19.7. The Balaban J connectivity index is 1.39. The molecule has 5 rings (SSSR count). The summed E-state index contributed by atoms with van der Waals surface area (Å²) >= 11 is 0. The summed E-state index contributed by atoms with van der Waals surface area (Å²) in [5.41, 5.74) is 2.69. The molecule has 7 heteroatoms. The molecule has 1 aromatic heterocycles. The molecule has 36 heavy (non-hydrogen) atoms. The molecular weight excluding hydrogens is 455 g/mol. The second kappa shape index (κ2) is 10.1. The summed E-state index contributed by atoms with van der Waals surface area (Å²) in [6, 6.07) is 22.8. The summed E-state index contributed by atoms with van der Waals surface area (Å²) in [6.45, 7) is 0.568. The van der Waals surface area contributed by atoms with Crippen molar-refractivity contribution in [1.82, 2.24) is 14.5 Å². The molecule has 1 heterocycles. The minimum absolute atomic E-state index is 0.0558. The van der Waals surface area contributed by atoms with Crippen molar-refractivity contribution in [1.29, 1.82) is 5.26 Å². The van der Waals surface area contributed by atoms with Gasteiger partial charge < -0.3 is 4.90 Å². The average Bonchev–Trinajstić information content (AvgIpc) is 3.72. The van der Waals surface area contributed by atoms with Gasteiger partial charge in [-0.2, -0.15) is 5.26 Å². The van der Waals surface area contributed by atoms with Gasteiger partial charge in [0.15, 0.2) is 0 Å². The molecule has 0 radical (unpaired) electrons. The van der Waals surface area contributed by atoms with Crippen LogP contribution >= 0.6 is 0 Å². The third-order valence-electron chi connectivity index (χ3n) is 6.43. The Labute approximate surface area is 208 Å². The summed E-state index contributed by atoms with van der Waals surface area (Å²) in [5.74, 6) is 0.152. The summed E-state index contributed by atoms with van der Waals surface area (Å²) in [7, 11) is 0. The average molecular weight is 481 g/mol. The fraction of sp³-hybridized carbons (Fsp3) is 0.241. The van der Waals surface area contributed by atoms with E-state index < -0.39 is 0 Å². The quantitative estimate of drug-likeness (QED) is 0.359. The zero-order valence-corrected chi connectivity index (χ0v) is 19.7. The van der Waals surface area contributed by atoms with Gasteiger partial charge in [0.1, 0.15) is 11.6 Å². The number of nitriles is 1. The van der Waals surface area contributed by atoms with E-state index in [2.05, 4.69) is 6.07 Å². The maximum atomic E-state index is 13.8. The van der Waals surface area contributed by atoms with E-state index in [9.17, 15) is 14.0 Å². The largest absolute Gasteiger partial charge is 0.334 e. The first-order valence-electron chi connectivity index (χ1n) is 12.0. The SMILES string of the molecule is N#Cc1ccc(CN(Cc2cccc(F)c2)C(=O)CCc2nc3ccccc3c(=O)n2C2CC2)cc1. The van der Waals surface area contributed by atoms with Crippen molar-refractivity contribution in [3.05, 3.63) is 111 Å². The molecular formula is C29H25FN4O2. The molecule has 0 atom stereocenters. The van der Waals surface area contributed by atoms with Gasteiger partial charge in [0.05, 0.1) is 22.5 Å². The molecule has 0 saturated heterocycles. The van der Waals surface area contributed by atoms with Crippen LogP contribution < -0.4 is 5.56 Å². The topological polar surface area (TPSA) is 79.0 Å². The lowest BCUT2D eigenvalue weighted by molar-refractivity contribution is -0.132. The van der Waals surface area contributed by atoms with Gasteiger partial charge in [0.25, 0.3) is 5.56 Å². The molecule has 6 nitrogen and oxygen atoms in total. The van der Waals surface area contributed by atoms with E-state index in [1.165, 1.54) is 12.1 Å². The third-order valence-corrected chi connectivity index (χ3v) is 6.43. The fourth-order valence-electron chi connectivity index (χ4n) is 4.45. The van der Waals surface area contributed by atoms with Crippen LogP contribution in [0.25, 0.3) is 10.9 Å². The van der Waals surface area contributed by atoms with Gasteiger partial charge in [0, 0.05) is 32.0 Å². The van der Waals surface area contributed by atoms with E-state index in [1.54, 1.807) is 39.8 Å². The standard InChI is InChI=1S/C29H25FN4O2/c30-23-5-3-4-22(16-23)19-33(18-21-10-8-20(17-31)9-11-21)28(35)15-14-27-32-26-7-2-1-6-25(26)29(36)34(27)24-12-13-24/h1-11,16,24H,12-15,18-19H2. The number of benzene rings is 3. The van der Waals surface area contributed by atoms with Crippen LogP contribution in [0, 0.1) is 17.1 Å². The number of hydrogen-bond acceptors (Lipinski definition) is 4. The van der Waals surface area contributed by atoms with Crippen molar-refractivity contribution < 1.29 is 9.18 Å². The van der Waals surface area contributed by atoms with E-state index in [-0.39, 0.29) is 36.3 Å². The van der Waals surface area contributed by atoms with Crippen molar-refractivity contribution in [3.63, 3.8) is 0 Å². The number of nitrogens with zero attached hydrogens (tertiary/aromatic N) is 4. The zero-order chi connectivity index (χ0) is 25.1. The monoisotopic (exact) mass is 480 g/mol. The smallest absolute Gasteiger partial charge is 0.261 e. The third kappa shape index (κ3) is 5.18. The first-order chi connectivity index (χ1) is 17.5. The highest BCUT2D eigenvalue weighted by molar-refractivity contribution is 5.78. The predicted molar refractivity (Wildman–Crippen MR) is 134 cm³/mol. The summed E-state index contributed by atoms with van der Waals surface area (Å²) in [4.78, 5) is 33.0. The number of fused-ring (bicyclic) bond motifs is 1. The summed E-state index contributed by atoms with van der Waals surface area (Å²) < 4.78 is 15.6. The van der Waals surface area contributed by atoms with Gasteiger partial charge in [-0.25, -0.2) is 9.37 Å². The molecule has 180 valence electrons. The lowest BCUT2D eigenvalue weighted by atomic mass is 10.1. The minimum atomic E-state index is -0.355. The van der Waals surface area contributed by atoms with Crippen LogP contribution in [0.1, 0.15) is 47.8 Å². The van der Waals surface area contributed by atoms with Crippen molar-refractivity contribution in [2.24, 2.45) is 0 Å². The number of aromatic nitrogens is 2. The van der Waals surface area contributed by atoms with Crippen molar-refractivity contribution in [2.45, 2.75) is 44.8 Å². The Morgan fingerprint density at radius 1 is 1.03 bits per heavy atom. The van der Waals surface area contributed by atoms with E-state index in [0.29, 0.717) is 40.8 Å². The number of para-hydroxylation sites is 1. The maximum Gasteiger partial charge on any atom is 0.261 e. The Morgan fingerprint density at radius 2 is 1.78 bits per heavy atom. The van der Waals surface area contributed by atoms with Gasteiger partial charge in [-0.1, -0.05) is 36.4 Å². The Morgan fingerprint density at radius 3 is 2.50 bits per heavy atom. The van der Waals surface area contributed by atoms with E-state index in [1.807, 2.05) is 30.3 Å². The summed E-state index contributed by atoms with van der Waals surface area (Å²) in [5, 5.41) is 9.66. The first kappa shape index (κ1) is 23.4. The number of carbonyl (C=O) groups is 1. The highest BCUT2D eigenvalue weighted by Crippen LogP contribution is 2.35. The van der Waals surface area contributed by atoms with Crippen molar-refractivity contribution in [2.75, 3.05) is 0 Å². The number of hydrogen-bond donors (Lipinski definition) is 0. The van der Waals surface area contributed by atoms with Crippen LogP contribution in [0.2, 0.25) is 0 Å². The second-order valence-electron chi connectivity index (χ2n) is 9.14. The fourth-order valence-corrected chi connectivity index (χ4v) is 4.45. The lowest BCUT2D eigenvalue weighted by Gasteiger charge is -2.24. The van der Waals surface area contributed by atoms with Crippen molar-refractivity contribution in [3.8, 4) is 6.07 Å². The van der Waals surface area contributed by atoms with Crippen LogP contribution in [0.5, 0.6) is 0 Å². The highest BCUT2D eigenvalue weighted by atomic mass is 19.1. The van der Waals surface area contributed by atoms with E-state index in [0.717, 1.165) is 18.4 Å². The van der Waals surface area contributed by atoms with Crippen LogP contribution in [-0.4, -0.2) is 20.4 Å². The molecule has 1 fully saturated rings. The normalized spacial score (nSPS) is 12.9. The molecule has 0 spiro atoms. The Kier molecular flexibility index (Phi) is 6.59. The second-order valence-corrected chi connectivity index (χ2v) is 9.14. The van der Waals surface area contributed by atoms with Gasteiger partial charge in [-0.05, 0) is 60.4 Å². The Hall–Kier alpha value is -4.31. The predicted octanol–water partition coefficient (Wildman–Crippen LogP) is 4.90. The minimum Gasteiger partial charge on any atom is -0.334 e. The molecule has 0 bridgehead atoms. The molecule has 1 aliphatic carbocycles. The van der Waals surface area contributed by atoms with Crippen molar-refractivity contribution >= 4 is 16.8 Å². The maximum absolute atomic E-state index is 13.8. The Bertz CT molecular complexity index is 1520. The molecule has 1 saturated carbocycles. The molecule has 0 N–H and O–H groups in total. The van der Waals surface area contributed by atoms with Gasteiger partial charge in [-0.3, -0.25) is 14.2 Å². The van der Waals surface area contributed by atoms with Gasteiger partial charge >= 0.3 is 0 Å². The van der Waals surface area contributed by atoms with Crippen LogP contribution in [0.4, 0.5) is 4.39 Å². The van der Waals surface area contributed by atoms with E-state index in [4.69, 9.17) is 10.2 Å². The molecule has 1 aliphatic rings. The number of rotatable bonds is 8. The molecule has 0 unspecified atom stereocenters. The van der Waals surface area contributed by atoms with Gasteiger partial charge in [0.2, 0.25) is 5.91 Å². The number of halogens is 1. The highest BCUT2D eigenvalue weighted by Gasteiger charge is 2.28. The molecule has 1 amide bonds. The molecule has 3 aromatic carbocycles. The first-order valence-corrected chi connectivity index (χ1v) is 12.0. The number of amides is 1. The van der Waals surface area contributed by atoms with Gasteiger partial charge in [-0.15, -0.1) is 0 Å². The van der Waals surface area contributed by atoms with E-state index >= 15 is 0 Å². The summed E-state index contributed by atoms with van der Waals surface area (Å²) in [6.07, 6.45) is 2.38. The lowest BCUT2D eigenvalue weighted by Crippen LogP contribution is -2.31. The van der Waals surface area contributed by atoms with Crippen LogP contribution in [0.3, 0.4) is 0 Å². The molecule has 0 aliphatic heterocycles. The number of aryl methyl sites for hydroxylation is 1. The number of carbonyl (C=O) groups excluding carboxylic acids is 1. The van der Waals surface area contributed by atoms with Crippen LogP contribution in [-0.2, 0) is 24.3 Å².